The van der Waals surface area contributed by atoms with E-state index in [-0.39, 0.29) is 0 Å². The molecule has 67 valence electrons. The fourth-order valence-electron chi connectivity index (χ4n) is 1.93. The predicted molar refractivity (Wildman–Crippen MR) is 61.0 cm³/mol. The summed E-state index contributed by atoms with van der Waals surface area (Å²) in [6.07, 6.45) is 0. The van der Waals surface area contributed by atoms with Gasteiger partial charge in [0.2, 0.25) is 0 Å². The molecule has 1 aliphatic heterocycles. The first-order valence-electron chi connectivity index (χ1n) is 4.80. The SMILES string of the molecule is c1ccc2c(c1)[CH2][Bi][c]1ccccc1-2. The van der Waals surface area contributed by atoms with Crippen molar-refractivity contribution in [1.82, 2.24) is 0 Å². The average Bonchev–Trinajstić information content (AvgIpc) is 2.29. The average molecular weight is 375 g/mol. The van der Waals surface area contributed by atoms with Gasteiger partial charge in [-0.1, -0.05) is 0 Å². The van der Waals surface area contributed by atoms with Gasteiger partial charge < -0.3 is 0 Å². The molecule has 0 atom stereocenters. The van der Waals surface area contributed by atoms with Crippen LogP contribution in [0, 0.1) is 0 Å². The number of hydrogen-bond acceptors (Lipinski definition) is 0. The molecule has 0 aromatic heterocycles. The summed E-state index contributed by atoms with van der Waals surface area (Å²) in [5, 5.41) is 0. The van der Waals surface area contributed by atoms with Crippen LogP contribution in [0.4, 0.5) is 0 Å². The molecule has 0 spiro atoms. The van der Waals surface area contributed by atoms with Crippen LogP contribution in [0.3, 0.4) is 0 Å². The first-order chi connectivity index (χ1) is 6.95. The van der Waals surface area contributed by atoms with E-state index < -0.39 is 23.2 Å². The van der Waals surface area contributed by atoms with Gasteiger partial charge in [-0.05, 0) is 0 Å². The number of benzene rings is 2. The van der Waals surface area contributed by atoms with Crippen LogP contribution in [-0.2, 0) is 4.13 Å². The molecule has 0 fully saturated rings. The van der Waals surface area contributed by atoms with E-state index in [4.69, 9.17) is 0 Å². The van der Waals surface area contributed by atoms with E-state index in [1.165, 1.54) is 15.3 Å². The zero-order valence-electron chi connectivity index (χ0n) is 7.77. The minimum atomic E-state index is -0.424. The molecule has 0 amide bonds. The Morgan fingerprint density at radius 3 is 2.43 bits per heavy atom. The van der Waals surface area contributed by atoms with Crippen LogP contribution in [0.25, 0.3) is 11.1 Å². The Labute approximate surface area is 95.5 Å². The molecule has 0 N–H and O–H groups in total. The van der Waals surface area contributed by atoms with Crippen molar-refractivity contribution in [2.45, 2.75) is 4.13 Å². The zero-order chi connectivity index (χ0) is 9.38. The number of fused-ring (bicyclic) bond motifs is 3. The third-order valence-electron chi connectivity index (χ3n) is 2.63. The van der Waals surface area contributed by atoms with Gasteiger partial charge in [-0.25, -0.2) is 0 Å². The molecule has 1 aliphatic rings. The molecule has 3 rings (SSSR count). The molecular weight excluding hydrogens is 365 g/mol. The second-order valence-electron chi connectivity index (χ2n) is 3.49. The second kappa shape index (κ2) is 3.47. The summed E-state index contributed by atoms with van der Waals surface area (Å²) in [5.74, 6) is 0. The van der Waals surface area contributed by atoms with E-state index in [2.05, 4.69) is 48.5 Å². The molecular formula is C13H10Bi. The third kappa shape index (κ3) is 1.31. The molecule has 1 heterocycles. The fourth-order valence-corrected chi connectivity index (χ4v) is 6.49. The monoisotopic (exact) mass is 375 g/mol. The molecule has 1 heteroatoms. The van der Waals surface area contributed by atoms with Gasteiger partial charge in [-0.15, -0.1) is 0 Å². The van der Waals surface area contributed by atoms with Crippen LogP contribution >= 0.6 is 0 Å². The van der Waals surface area contributed by atoms with Crippen molar-refractivity contribution in [2.24, 2.45) is 0 Å². The molecule has 0 aliphatic carbocycles. The van der Waals surface area contributed by atoms with Crippen molar-refractivity contribution >= 4 is 26.5 Å². The van der Waals surface area contributed by atoms with E-state index in [9.17, 15) is 0 Å². The maximum atomic E-state index is 2.32. The Bertz CT molecular complexity index is 429. The first-order valence-corrected chi connectivity index (χ1v) is 9.00. The molecule has 1 radical (unpaired) electrons. The van der Waals surface area contributed by atoms with Crippen LogP contribution in [0.5, 0.6) is 0 Å². The normalized spacial score (nSPS) is 13.1. The number of hydrogen-bond donors (Lipinski definition) is 0. The molecule has 14 heavy (non-hydrogen) atoms. The summed E-state index contributed by atoms with van der Waals surface area (Å²) in [7, 11) is 0. The van der Waals surface area contributed by atoms with E-state index in [1.807, 2.05) is 0 Å². The quantitative estimate of drug-likeness (QED) is 0.620. The predicted octanol–water partition coefficient (Wildman–Crippen LogP) is 2.20. The van der Waals surface area contributed by atoms with Crippen LogP contribution in [0.1, 0.15) is 5.56 Å². The van der Waals surface area contributed by atoms with Gasteiger partial charge in [-0.3, -0.25) is 0 Å². The van der Waals surface area contributed by atoms with Crippen molar-refractivity contribution < 1.29 is 0 Å². The zero-order valence-corrected chi connectivity index (χ0v) is 11.3. The van der Waals surface area contributed by atoms with Crippen molar-refractivity contribution in [2.75, 3.05) is 0 Å². The topological polar surface area (TPSA) is 0 Å². The van der Waals surface area contributed by atoms with Crippen LogP contribution < -0.4 is 3.27 Å². The summed E-state index contributed by atoms with van der Waals surface area (Å²) < 4.78 is 3.04. The van der Waals surface area contributed by atoms with Crippen molar-refractivity contribution in [1.29, 1.82) is 0 Å². The van der Waals surface area contributed by atoms with Crippen LogP contribution in [0.2, 0.25) is 0 Å². The summed E-state index contributed by atoms with van der Waals surface area (Å²) in [6, 6.07) is 17.8. The van der Waals surface area contributed by atoms with Gasteiger partial charge >= 0.3 is 95.9 Å². The Balaban J connectivity index is 2.29. The Kier molecular flexibility index (Phi) is 2.14. The Hall–Kier alpha value is -0.677. The molecule has 2 aromatic carbocycles. The van der Waals surface area contributed by atoms with E-state index >= 15 is 0 Å². The van der Waals surface area contributed by atoms with E-state index in [0.29, 0.717) is 0 Å². The number of rotatable bonds is 0. The van der Waals surface area contributed by atoms with Crippen molar-refractivity contribution in [3.63, 3.8) is 0 Å². The van der Waals surface area contributed by atoms with Gasteiger partial charge in [0.15, 0.2) is 0 Å². The maximum absolute atomic E-state index is 2.32. The Morgan fingerprint density at radius 2 is 1.50 bits per heavy atom. The van der Waals surface area contributed by atoms with Gasteiger partial charge in [0.25, 0.3) is 0 Å². The van der Waals surface area contributed by atoms with Crippen molar-refractivity contribution in [3.8, 4) is 11.1 Å². The van der Waals surface area contributed by atoms with E-state index in [1.54, 1.807) is 8.83 Å². The minimum absolute atomic E-state index is 0.424. The second-order valence-corrected chi connectivity index (χ2v) is 7.82. The van der Waals surface area contributed by atoms with Gasteiger partial charge in [0.1, 0.15) is 0 Å². The van der Waals surface area contributed by atoms with Gasteiger partial charge in [0, 0.05) is 0 Å². The van der Waals surface area contributed by atoms with Crippen molar-refractivity contribution in [3.05, 3.63) is 54.1 Å². The summed E-state index contributed by atoms with van der Waals surface area (Å²) in [5.41, 5.74) is 4.55. The molecule has 0 saturated carbocycles. The third-order valence-corrected chi connectivity index (χ3v) is 7.41. The molecule has 0 unspecified atom stereocenters. The summed E-state index contributed by atoms with van der Waals surface area (Å²) in [6.45, 7) is 0. The van der Waals surface area contributed by atoms with Crippen LogP contribution in [-0.4, -0.2) is 23.2 Å². The molecule has 0 nitrogen and oxygen atoms in total. The van der Waals surface area contributed by atoms with Crippen LogP contribution in [0.15, 0.2) is 48.5 Å². The first kappa shape index (κ1) is 8.62. The fraction of sp³-hybridized carbons (Fsp3) is 0.0769. The molecule has 2 aromatic rings. The van der Waals surface area contributed by atoms with Gasteiger partial charge in [-0.2, -0.15) is 0 Å². The standard InChI is InChI=1S/C13H10.Bi/c1-11-7-5-6-10-13(11)12-8-3-2-4-9-12;/h2-8,10H,1H2;. The molecule has 0 saturated heterocycles. The van der Waals surface area contributed by atoms with Gasteiger partial charge in [0.05, 0.1) is 0 Å². The Morgan fingerprint density at radius 1 is 0.786 bits per heavy atom. The summed E-state index contributed by atoms with van der Waals surface area (Å²) in [4.78, 5) is 0. The molecule has 0 bridgehead atoms. The van der Waals surface area contributed by atoms with E-state index in [0.717, 1.165) is 0 Å². The summed E-state index contributed by atoms with van der Waals surface area (Å²) >= 11 is -0.424.